The summed E-state index contributed by atoms with van der Waals surface area (Å²) in [5.41, 5.74) is 2.67. The van der Waals surface area contributed by atoms with E-state index in [1.54, 1.807) is 32.9 Å². The molecule has 1 atom stereocenters. The van der Waals surface area contributed by atoms with Crippen LogP contribution in [0.5, 0.6) is 5.75 Å². The molecular formula is C18H20F2N2O3. The Bertz CT molecular complexity index is 800. The molecule has 1 aromatic heterocycles. The Morgan fingerprint density at radius 3 is 2.48 bits per heavy atom. The van der Waals surface area contributed by atoms with Crippen molar-refractivity contribution < 1.29 is 23.1 Å². The first-order valence-electron chi connectivity index (χ1n) is 7.76. The third-order valence-corrected chi connectivity index (χ3v) is 3.95. The quantitative estimate of drug-likeness (QED) is 0.776. The Labute approximate surface area is 144 Å². The number of Topliss-reactive ketones (excluding diaryl/α,β-unsaturated/α-hetero) is 1. The zero-order valence-electron chi connectivity index (χ0n) is 14.4. The molecule has 1 unspecified atom stereocenters. The molecular weight excluding hydrogens is 330 g/mol. The molecule has 0 fully saturated rings. The second kappa shape index (κ2) is 7.46. The van der Waals surface area contributed by atoms with Crippen LogP contribution in [0, 0.1) is 13.8 Å². The minimum atomic E-state index is -2.91. The van der Waals surface area contributed by atoms with Gasteiger partial charge in [0.05, 0.1) is 6.04 Å². The van der Waals surface area contributed by atoms with Crippen LogP contribution in [0.1, 0.15) is 57.6 Å². The van der Waals surface area contributed by atoms with E-state index in [4.69, 9.17) is 0 Å². The van der Waals surface area contributed by atoms with Crippen LogP contribution in [0.4, 0.5) is 8.78 Å². The van der Waals surface area contributed by atoms with Gasteiger partial charge in [0.2, 0.25) is 0 Å². The van der Waals surface area contributed by atoms with Crippen molar-refractivity contribution in [2.24, 2.45) is 0 Å². The van der Waals surface area contributed by atoms with Gasteiger partial charge in [-0.3, -0.25) is 9.59 Å². The number of halogens is 2. The minimum Gasteiger partial charge on any atom is -0.435 e. The molecule has 1 aromatic carbocycles. The zero-order chi connectivity index (χ0) is 18.7. The van der Waals surface area contributed by atoms with Gasteiger partial charge in [-0.2, -0.15) is 8.78 Å². The molecule has 0 aliphatic heterocycles. The van der Waals surface area contributed by atoms with E-state index in [2.05, 4.69) is 15.0 Å². The maximum absolute atomic E-state index is 12.5. The molecule has 0 aliphatic rings. The average Bonchev–Trinajstić information content (AvgIpc) is 2.81. The van der Waals surface area contributed by atoms with Gasteiger partial charge in [0.25, 0.3) is 5.91 Å². The van der Waals surface area contributed by atoms with E-state index in [-0.39, 0.29) is 17.4 Å². The monoisotopic (exact) mass is 350 g/mol. The first kappa shape index (κ1) is 18.6. The van der Waals surface area contributed by atoms with E-state index in [0.29, 0.717) is 28.1 Å². The fourth-order valence-corrected chi connectivity index (χ4v) is 2.82. The lowest BCUT2D eigenvalue weighted by molar-refractivity contribution is -0.0499. The Morgan fingerprint density at radius 2 is 1.92 bits per heavy atom. The highest BCUT2D eigenvalue weighted by Gasteiger charge is 2.21. The number of aromatic amines is 1. The third-order valence-electron chi connectivity index (χ3n) is 3.95. The molecule has 0 bridgehead atoms. The number of ketones is 1. The first-order valence-corrected chi connectivity index (χ1v) is 7.76. The summed E-state index contributed by atoms with van der Waals surface area (Å²) < 4.78 is 29.0. The molecule has 5 nitrogen and oxygen atoms in total. The normalized spacial score (nSPS) is 12.1. The third kappa shape index (κ3) is 4.23. The molecule has 2 N–H and O–H groups in total. The van der Waals surface area contributed by atoms with E-state index < -0.39 is 12.7 Å². The number of carbonyl (C=O) groups excluding carboxylic acids is 2. The molecule has 1 amide bonds. The van der Waals surface area contributed by atoms with Crippen molar-refractivity contribution in [1.29, 1.82) is 0 Å². The summed E-state index contributed by atoms with van der Waals surface area (Å²) in [7, 11) is 0. The van der Waals surface area contributed by atoms with Gasteiger partial charge in [0.15, 0.2) is 5.78 Å². The van der Waals surface area contributed by atoms with Crippen LogP contribution >= 0.6 is 0 Å². The molecule has 0 radical (unpaired) electrons. The SMILES string of the molecule is CC(=O)c1c(C)[nH]c(C(=O)NC(C)c2cccc(OC(F)F)c2)c1C. The number of aromatic nitrogens is 1. The maximum Gasteiger partial charge on any atom is 0.387 e. The van der Waals surface area contributed by atoms with Crippen molar-refractivity contribution in [1.82, 2.24) is 10.3 Å². The van der Waals surface area contributed by atoms with Crippen molar-refractivity contribution >= 4 is 11.7 Å². The van der Waals surface area contributed by atoms with E-state index in [0.717, 1.165) is 0 Å². The van der Waals surface area contributed by atoms with Gasteiger partial charge in [-0.1, -0.05) is 12.1 Å². The summed E-state index contributed by atoms with van der Waals surface area (Å²) in [6.45, 7) is 3.71. The Kier molecular flexibility index (Phi) is 5.56. The Hall–Kier alpha value is -2.70. The van der Waals surface area contributed by atoms with Crippen LogP contribution in [0.25, 0.3) is 0 Å². The fraction of sp³-hybridized carbons (Fsp3) is 0.333. The number of amides is 1. The van der Waals surface area contributed by atoms with Gasteiger partial charge in [0, 0.05) is 11.3 Å². The predicted molar refractivity (Wildman–Crippen MR) is 89.2 cm³/mol. The van der Waals surface area contributed by atoms with Crippen molar-refractivity contribution in [2.45, 2.75) is 40.3 Å². The van der Waals surface area contributed by atoms with E-state index in [1.807, 2.05) is 0 Å². The highest BCUT2D eigenvalue weighted by Crippen LogP contribution is 2.22. The lowest BCUT2D eigenvalue weighted by Gasteiger charge is -2.15. The van der Waals surface area contributed by atoms with Crippen molar-refractivity contribution in [3.8, 4) is 5.75 Å². The molecule has 0 saturated carbocycles. The fourth-order valence-electron chi connectivity index (χ4n) is 2.82. The van der Waals surface area contributed by atoms with Gasteiger partial charge in [0.1, 0.15) is 11.4 Å². The molecule has 2 rings (SSSR count). The van der Waals surface area contributed by atoms with Gasteiger partial charge < -0.3 is 15.0 Å². The number of carbonyl (C=O) groups is 2. The van der Waals surface area contributed by atoms with Crippen LogP contribution in [-0.2, 0) is 0 Å². The molecule has 134 valence electrons. The number of aryl methyl sites for hydroxylation is 1. The highest BCUT2D eigenvalue weighted by atomic mass is 19.3. The summed E-state index contributed by atoms with van der Waals surface area (Å²) in [6.07, 6.45) is 0. The molecule has 25 heavy (non-hydrogen) atoms. The smallest absolute Gasteiger partial charge is 0.387 e. The summed E-state index contributed by atoms with van der Waals surface area (Å²) in [5.74, 6) is -0.463. The number of hydrogen-bond acceptors (Lipinski definition) is 3. The molecule has 1 heterocycles. The predicted octanol–water partition coefficient (Wildman–Crippen LogP) is 3.93. The second-order valence-corrected chi connectivity index (χ2v) is 5.83. The number of H-pyrrole nitrogens is 1. The van der Waals surface area contributed by atoms with Crippen molar-refractivity contribution in [2.75, 3.05) is 0 Å². The van der Waals surface area contributed by atoms with Gasteiger partial charge in [-0.25, -0.2) is 0 Å². The molecule has 0 saturated heterocycles. The first-order chi connectivity index (χ1) is 11.7. The van der Waals surface area contributed by atoms with Gasteiger partial charge >= 0.3 is 6.61 Å². The largest absolute Gasteiger partial charge is 0.435 e. The highest BCUT2D eigenvalue weighted by molar-refractivity contribution is 6.02. The number of hydrogen-bond donors (Lipinski definition) is 2. The minimum absolute atomic E-state index is 0.0272. The summed E-state index contributed by atoms with van der Waals surface area (Å²) >= 11 is 0. The van der Waals surface area contributed by atoms with Crippen molar-refractivity contribution in [3.63, 3.8) is 0 Å². The van der Waals surface area contributed by atoms with E-state index in [9.17, 15) is 18.4 Å². The summed E-state index contributed by atoms with van der Waals surface area (Å²) in [6, 6.07) is 5.72. The number of rotatable bonds is 6. The molecule has 0 aliphatic carbocycles. The second-order valence-electron chi connectivity index (χ2n) is 5.83. The van der Waals surface area contributed by atoms with Crippen LogP contribution in [-0.4, -0.2) is 23.3 Å². The number of nitrogens with one attached hydrogen (secondary N) is 2. The molecule has 0 spiro atoms. The van der Waals surface area contributed by atoms with E-state index >= 15 is 0 Å². The van der Waals surface area contributed by atoms with Gasteiger partial charge in [-0.15, -0.1) is 0 Å². The lowest BCUT2D eigenvalue weighted by atomic mass is 10.1. The van der Waals surface area contributed by atoms with Crippen LogP contribution in [0.3, 0.4) is 0 Å². The van der Waals surface area contributed by atoms with Gasteiger partial charge in [-0.05, 0) is 51.0 Å². The van der Waals surface area contributed by atoms with Crippen molar-refractivity contribution in [3.05, 3.63) is 52.3 Å². The summed E-state index contributed by atoms with van der Waals surface area (Å²) in [4.78, 5) is 27.1. The van der Waals surface area contributed by atoms with Crippen LogP contribution < -0.4 is 10.1 Å². The Balaban J connectivity index is 2.18. The number of alkyl halides is 2. The average molecular weight is 350 g/mol. The van der Waals surface area contributed by atoms with Crippen LogP contribution in [0.15, 0.2) is 24.3 Å². The molecule has 2 aromatic rings. The van der Waals surface area contributed by atoms with E-state index in [1.165, 1.54) is 19.1 Å². The maximum atomic E-state index is 12.5. The standard InChI is InChI=1S/C18H20F2N2O3/c1-9-15(12(4)23)11(3)21-16(9)17(24)22-10(2)13-6-5-7-14(8-13)25-18(19)20/h5-8,10,18,21H,1-4H3,(H,22,24). The zero-order valence-corrected chi connectivity index (χ0v) is 14.4. The number of benzene rings is 1. The summed E-state index contributed by atoms with van der Waals surface area (Å²) in [5, 5.41) is 2.79. The topological polar surface area (TPSA) is 71.2 Å². The number of ether oxygens (including phenoxy) is 1. The lowest BCUT2D eigenvalue weighted by Crippen LogP contribution is -2.27. The molecule has 7 heteroatoms. The Morgan fingerprint density at radius 1 is 1.24 bits per heavy atom. The van der Waals surface area contributed by atoms with Crippen LogP contribution in [0.2, 0.25) is 0 Å².